The van der Waals surface area contributed by atoms with Gasteiger partial charge in [-0.05, 0) is 48.9 Å². The minimum absolute atomic E-state index is 0.0776. The highest BCUT2D eigenvalue weighted by Gasteiger charge is 2.35. The molecule has 1 aliphatic heterocycles. The number of anilines is 2. The third-order valence-corrected chi connectivity index (χ3v) is 4.73. The van der Waals surface area contributed by atoms with Crippen LogP contribution in [0.2, 0.25) is 10.0 Å². The van der Waals surface area contributed by atoms with E-state index in [1.807, 2.05) is 19.1 Å². The average molecular weight is 363 g/mol. The average Bonchev–Trinajstić information content (AvgIpc) is 2.94. The summed E-state index contributed by atoms with van der Waals surface area (Å²) in [6.07, 6.45) is 0.185. The first-order valence-corrected chi connectivity index (χ1v) is 8.32. The molecule has 2 amide bonds. The number of benzene rings is 2. The number of amides is 2. The zero-order valence-electron chi connectivity index (χ0n) is 13.1. The lowest BCUT2D eigenvalue weighted by Crippen LogP contribution is -2.28. The van der Waals surface area contributed by atoms with Gasteiger partial charge < -0.3 is 10.2 Å². The lowest BCUT2D eigenvalue weighted by Gasteiger charge is -2.17. The Hall–Kier alpha value is -2.04. The van der Waals surface area contributed by atoms with Gasteiger partial charge in [-0.3, -0.25) is 9.59 Å². The van der Waals surface area contributed by atoms with E-state index in [1.54, 1.807) is 35.2 Å². The molecule has 0 bridgehead atoms. The molecule has 1 aliphatic rings. The fourth-order valence-corrected chi connectivity index (χ4v) is 2.96. The molecule has 4 nitrogen and oxygen atoms in total. The summed E-state index contributed by atoms with van der Waals surface area (Å²) in [6, 6.07) is 12.3. The summed E-state index contributed by atoms with van der Waals surface area (Å²) in [4.78, 5) is 26.3. The van der Waals surface area contributed by atoms with Crippen LogP contribution in [0.25, 0.3) is 0 Å². The molecule has 6 heteroatoms. The van der Waals surface area contributed by atoms with Crippen molar-refractivity contribution in [1.29, 1.82) is 0 Å². The van der Waals surface area contributed by atoms with Crippen molar-refractivity contribution in [3.05, 3.63) is 58.1 Å². The summed E-state index contributed by atoms with van der Waals surface area (Å²) in [5, 5.41) is 4.03. The van der Waals surface area contributed by atoms with E-state index in [4.69, 9.17) is 23.2 Å². The van der Waals surface area contributed by atoms with Crippen LogP contribution in [0.1, 0.15) is 12.0 Å². The van der Waals surface area contributed by atoms with Gasteiger partial charge in [0.15, 0.2) is 0 Å². The topological polar surface area (TPSA) is 49.4 Å². The zero-order chi connectivity index (χ0) is 17.3. The van der Waals surface area contributed by atoms with E-state index >= 15 is 0 Å². The molecule has 2 aromatic carbocycles. The van der Waals surface area contributed by atoms with Gasteiger partial charge >= 0.3 is 0 Å². The normalized spacial score (nSPS) is 17.2. The smallest absolute Gasteiger partial charge is 0.229 e. The minimum atomic E-state index is -0.395. The summed E-state index contributed by atoms with van der Waals surface area (Å²) in [5.74, 6) is -0.647. The highest BCUT2D eigenvalue weighted by molar-refractivity contribution is 6.31. The fourth-order valence-electron chi connectivity index (χ4n) is 2.66. The van der Waals surface area contributed by atoms with Gasteiger partial charge in [0, 0.05) is 34.4 Å². The van der Waals surface area contributed by atoms with Gasteiger partial charge in [-0.2, -0.15) is 0 Å². The van der Waals surface area contributed by atoms with Crippen molar-refractivity contribution in [2.24, 2.45) is 5.92 Å². The summed E-state index contributed by atoms with van der Waals surface area (Å²) in [5.41, 5.74) is 2.33. The Morgan fingerprint density at radius 2 is 1.88 bits per heavy atom. The Balaban J connectivity index is 1.70. The lowest BCUT2D eigenvalue weighted by molar-refractivity contribution is -0.122. The standard InChI is InChI=1S/C18H16Cl2N2O2/c1-11-2-7-15(9-16(11)20)22-10-12(8-17(22)23)18(24)21-14-5-3-13(19)4-6-14/h2-7,9,12H,8,10H2,1H3,(H,21,24)/t12-/m0/s1. The number of rotatable bonds is 3. The van der Waals surface area contributed by atoms with Crippen molar-refractivity contribution in [2.45, 2.75) is 13.3 Å². The molecule has 2 aromatic rings. The first-order valence-electron chi connectivity index (χ1n) is 7.57. The summed E-state index contributed by atoms with van der Waals surface area (Å²) in [6.45, 7) is 2.25. The largest absolute Gasteiger partial charge is 0.326 e. The molecule has 0 spiro atoms. The molecule has 3 rings (SSSR count). The van der Waals surface area contributed by atoms with Crippen molar-refractivity contribution in [2.75, 3.05) is 16.8 Å². The van der Waals surface area contributed by atoms with Crippen LogP contribution >= 0.6 is 23.2 Å². The number of halogens is 2. The number of hydrogen-bond acceptors (Lipinski definition) is 2. The Labute approximate surface area is 150 Å². The summed E-state index contributed by atoms with van der Waals surface area (Å²) < 4.78 is 0. The van der Waals surface area contributed by atoms with Gasteiger partial charge in [0.2, 0.25) is 11.8 Å². The third kappa shape index (κ3) is 3.55. The van der Waals surface area contributed by atoms with Crippen molar-refractivity contribution in [3.8, 4) is 0 Å². The number of hydrogen-bond donors (Lipinski definition) is 1. The second kappa shape index (κ2) is 6.83. The molecule has 1 atom stereocenters. The molecule has 24 heavy (non-hydrogen) atoms. The van der Waals surface area contributed by atoms with Crippen LogP contribution in [-0.4, -0.2) is 18.4 Å². The van der Waals surface area contributed by atoms with E-state index in [1.165, 1.54) is 0 Å². The van der Waals surface area contributed by atoms with Gasteiger partial charge in [-0.15, -0.1) is 0 Å². The van der Waals surface area contributed by atoms with E-state index in [0.29, 0.717) is 22.3 Å². The van der Waals surface area contributed by atoms with Crippen LogP contribution in [0.15, 0.2) is 42.5 Å². The highest BCUT2D eigenvalue weighted by atomic mass is 35.5. The van der Waals surface area contributed by atoms with E-state index in [9.17, 15) is 9.59 Å². The molecule has 0 aliphatic carbocycles. The first-order chi connectivity index (χ1) is 11.4. The number of carbonyl (C=O) groups is 2. The van der Waals surface area contributed by atoms with Gasteiger partial charge in [-0.25, -0.2) is 0 Å². The molecule has 0 radical (unpaired) electrons. The molecule has 1 N–H and O–H groups in total. The maximum absolute atomic E-state index is 12.4. The molecule has 1 saturated heterocycles. The highest BCUT2D eigenvalue weighted by Crippen LogP contribution is 2.29. The number of carbonyl (C=O) groups excluding carboxylic acids is 2. The first kappa shape index (κ1) is 16.8. The molecular formula is C18H16Cl2N2O2. The van der Waals surface area contributed by atoms with Crippen LogP contribution < -0.4 is 10.2 Å². The molecular weight excluding hydrogens is 347 g/mol. The van der Waals surface area contributed by atoms with Crippen molar-refractivity contribution < 1.29 is 9.59 Å². The summed E-state index contributed by atoms with van der Waals surface area (Å²) >= 11 is 12.0. The van der Waals surface area contributed by atoms with Crippen molar-refractivity contribution >= 4 is 46.4 Å². The molecule has 0 unspecified atom stereocenters. The van der Waals surface area contributed by atoms with Gasteiger partial charge in [0.05, 0.1) is 5.92 Å². The van der Waals surface area contributed by atoms with Crippen LogP contribution in [0.4, 0.5) is 11.4 Å². The SMILES string of the molecule is Cc1ccc(N2C[C@@H](C(=O)Nc3ccc(Cl)cc3)CC2=O)cc1Cl. The van der Waals surface area contributed by atoms with Gasteiger partial charge in [0.25, 0.3) is 0 Å². The second-order valence-electron chi connectivity index (χ2n) is 5.84. The second-order valence-corrected chi connectivity index (χ2v) is 6.68. The quantitative estimate of drug-likeness (QED) is 0.884. The Bertz CT molecular complexity index is 790. The molecule has 124 valence electrons. The van der Waals surface area contributed by atoms with Crippen molar-refractivity contribution in [1.82, 2.24) is 0 Å². The zero-order valence-corrected chi connectivity index (χ0v) is 14.6. The lowest BCUT2D eigenvalue weighted by atomic mass is 10.1. The Kier molecular flexibility index (Phi) is 4.78. The number of nitrogens with zero attached hydrogens (tertiary/aromatic N) is 1. The van der Waals surface area contributed by atoms with E-state index in [2.05, 4.69) is 5.32 Å². The van der Waals surface area contributed by atoms with Crippen LogP contribution in [-0.2, 0) is 9.59 Å². The maximum atomic E-state index is 12.4. The van der Waals surface area contributed by atoms with E-state index in [-0.39, 0.29) is 18.2 Å². The molecule has 1 heterocycles. The predicted molar refractivity (Wildman–Crippen MR) is 96.7 cm³/mol. The minimum Gasteiger partial charge on any atom is -0.326 e. The van der Waals surface area contributed by atoms with Crippen LogP contribution in [0, 0.1) is 12.8 Å². The monoisotopic (exact) mass is 362 g/mol. The van der Waals surface area contributed by atoms with Gasteiger partial charge in [0.1, 0.15) is 0 Å². The van der Waals surface area contributed by atoms with Gasteiger partial charge in [-0.1, -0.05) is 29.3 Å². The molecule has 1 fully saturated rings. The van der Waals surface area contributed by atoms with Crippen LogP contribution in [0.3, 0.4) is 0 Å². The maximum Gasteiger partial charge on any atom is 0.229 e. The molecule has 0 saturated carbocycles. The van der Waals surface area contributed by atoms with Crippen molar-refractivity contribution in [3.63, 3.8) is 0 Å². The fraction of sp³-hybridized carbons (Fsp3) is 0.222. The summed E-state index contributed by atoms with van der Waals surface area (Å²) in [7, 11) is 0. The van der Waals surface area contributed by atoms with E-state index < -0.39 is 5.92 Å². The predicted octanol–water partition coefficient (Wildman–Crippen LogP) is 4.29. The number of aryl methyl sites for hydroxylation is 1. The van der Waals surface area contributed by atoms with E-state index in [0.717, 1.165) is 11.3 Å². The Morgan fingerprint density at radius 3 is 2.54 bits per heavy atom. The third-order valence-electron chi connectivity index (χ3n) is 4.07. The number of nitrogens with one attached hydrogen (secondary N) is 1. The Morgan fingerprint density at radius 1 is 1.17 bits per heavy atom. The molecule has 0 aromatic heterocycles. The van der Waals surface area contributed by atoms with Crippen LogP contribution in [0.5, 0.6) is 0 Å².